The van der Waals surface area contributed by atoms with Gasteiger partial charge in [-0.15, -0.1) is 0 Å². The summed E-state index contributed by atoms with van der Waals surface area (Å²) in [7, 11) is -4.01. The zero-order valence-corrected chi connectivity index (χ0v) is 20.8. The molecule has 5 fully saturated rings. The smallest absolute Gasteiger partial charge is 0.306 e. The predicted octanol–water partition coefficient (Wildman–Crippen LogP) is 2.72. The van der Waals surface area contributed by atoms with Gasteiger partial charge in [0.25, 0.3) is 0 Å². The third-order valence-corrected chi connectivity index (χ3v) is 14.2. The molecule has 0 radical (unpaired) electrons. The molecule has 11 unspecified atom stereocenters. The van der Waals surface area contributed by atoms with Crippen molar-refractivity contribution in [3.8, 4) is 0 Å². The Labute approximate surface area is 200 Å². The summed E-state index contributed by atoms with van der Waals surface area (Å²) in [6.07, 6.45) is 4.14. The molecule has 1 saturated heterocycles. The van der Waals surface area contributed by atoms with Crippen LogP contribution in [0.5, 0.6) is 0 Å². The number of carbonyl (C=O) groups is 2. The van der Waals surface area contributed by atoms with Crippen molar-refractivity contribution in [2.24, 2.45) is 45.3 Å². The third kappa shape index (κ3) is 1.66. The van der Waals surface area contributed by atoms with Gasteiger partial charge >= 0.3 is 5.97 Å². The van der Waals surface area contributed by atoms with Crippen molar-refractivity contribution in [1.29, 1.82) is 0 Å². The van der Waals surface area contributed by atoms with E-state index in [1.54, 1.807) is 11.2 Å². The van der Waals surface area contributed by atoms with Gasteiger partial charge in [0.1, 0.15) is 6.29 Å². The van der Waals surface area contributed by atoms with E-state index in [1.807, 2.05) is 0 Å². The maximum absolute atomic E-state index is 14.3. The van der Waals surface area contributed by atoms with Crippen LogP contribution >= 0.6 is 0 Å². The number of carbonyl (C=O) groups excluding carboxylic acids is 1. The van der Waals surface area contributed by atoms with Crippen LogP contribution in [0, 0.1) is 45.3 Å². The lowest BCUT2D eigenvalue weighted by Gasteiger charge is -2.77. The van der Waals surface area contributed by atoms with Crippen molar-refractivity contribution < 1.29 is 28.2 Å². The summed E-state index contributed by atoms with van der Waals surface area (Å²) in [5.41, 5.74) is 1.11. The summed E-state index contributed by atoms with van der Waals surface area (Å²) in [4.78, 5) is 24.2. The fraction of sp³-hybridized carbons (Fsp3) is 0.769. The summed E-state index contributed by atoms with van der Waals surface area (Å²) in [5.74, 6) is -2.40. The molecule has 184 valence electrons. The van der Waals surface area contributed by atoms with Crippen molar-refractivity contribution in [2.75, 3.05) is 0 Å². The van der Waals surface area contributed by atoms with E-state index >= 15 is 0 Å². The first-order valence-corrected chi connectivity index (χ1v) is 14.2. The lowest BCUT2D eigenvalue weighted by Crippen LogP contribution is -2.80. The minimum absolute atomic E-state index is 0.0434. The Morgan fingerprint density at radius 2 is 1.91 bits per heavy atom. The van der Waals surface area contributed by atoms with Gasteiger partial charge in [0.2, 0.25) is 10.0 Å². The molecule has 0 aromatic heterocycles. The fourth-order valence-electron chi connectivity index (χ4n) is 11.5. The van der Waals surface area contributed by atoms with Crippen LogP contribution in [0.2, 0.25) is 0 Å². The second kappa shape index (κ2) is 5.73. The number of carboxylic acids is 1. The number of nitrogens with zero attached hydrogens (tertiary/aromatic N) is 1. The standard InChI is InChI=1S/C26H33NO6S/c1-12-14(21(29)30)8-9-17(16(12)10-28)27-18-7-5-6-15-19(18)25(13(2)34(27,32)33)22(31)24(4)11-23(3)20(15)26(23,24)25/h10,12,14,16-18,20,22,31H,2,5-9,11H2,1,3-4H3,(H,29,30). The fourth-order valence-corrected chi connectivity index (χ4v) is 13.7. The lowest BCUT2D eigenvalue weighted by atomic mass is 9.29. The number of aliphatic carboxylic acids is 1. The van der Waals surface area contributed by atoms with Crippen LogP contribution in [-0.4, -0.2) is 53.4 Å². The molecule has 8 heteroatoms. The van der Waals surface area contributed by atoms with Crippen molar-refractivity contribution in [3.63, 3.8) is 0 Å². The van der Waals surface area contributed by atoms with Crippen LogP contribution in [0.15, 0.2) is 22.6 Å². The number of fused-ring (bicyclic) bond motifs is 2. The molecule has 6 aliphatic carbocycles. The molecule has 2 spiro atoms. The van der Waals surface area contributed by atoms with Crippen molar-refractivity contribution >= 4 is 22.3 Å². The highest BCUT2D eigenvalue weighted by atomic mass is 32.2. The maximum atomic E-state index is 14.3. The molecule has 1 heterocycles. The Morgan fingerprint density at radius 3 is 2.56 bits per heavy atom. The number of aldehydes is 1. The molecule has 0 bridgehead atoms. The number of allylic oxidation sites excluding steroid dienone is 1. The summed E-state index contributed by atoms with van der Waals surface area (Å²) in [5, 5.41) is 21.3. The van der Waals surface area contributed by atoms with Crippen molar-refractivity contribution in [2.45, 2.75) is 77.5 Å². The Hall–Kier alpha value is -1.51. The molecule has 0 amide bonds. The van der Waals surface area contributed by atoms with Gasteiger partial charge in [-0.05, 0) is 61.3 Å². The predicted molar refractivity (Wildman–Crippen MR) is 123 cm³/mol. The monoisotopic (exact) mass is 487 g/mol. The zero-order chi connectivity index (χ0) is 24.4. The third-order valence-electron chi connectivity index (χ3n) is 12.1. The molecule has 34 heavy (non-hydrogen) atoms. The van der Waals surface area contributed by atoms with E-state index in [4.69, 9.17) is 0 Å². The second-order valence-corrected chi connectivity index (χ2v) is 14.6. The minimum atomic E-state index is -4.01. The highest BCUT2D eigenvalue weighted by Crippen LogP contribution is 3.07. The van der Waals surface area contributed by atoms with Gasteiger partial charge in [-0.25, -0.2) is 8.42 Å². The Morgan fingerprint density at radius 1 is 1.21 bits per heavy atom. The summed E-state index contributed by atoms with van der Waals surface area (Å²) < 4.78 is 30.2. The van der Waals surface area contributed by atoms with Gasteiger partial charge in [0.05, 0.1) is 22.3 Å². The van der Waals surface area contributed by atoms with Crippen molar-refractivity contribution in [1.82, 2.24) is 4.31 Å². The lowest BCUT2D eigenvalue weighted by molar-refractivity contribution is -0.293. The van der Waals surface area contributed by atoms with E-state index in [9.17, 15) is 28.2 Å². The molecule has 2 N–H and O–H groups in total. The molecule has 0 aromatic carbocycles. The Bertz CT molecular complexity index is 1240. The molecule has 4 saturated carbocycles. The van der Waals surface area contributed by atoms with E-state index < -0.39 is 51.3 Å². The molecule has 7 rings (SSSR count). The van der Waals surface area contributed by atoms with E-state index in [2.05, 4.69) is 20.4 Å². The molecule has 7 aliphatic rings. The van der Waals surface area contributed by atoms with E-state index in [0.29, 0.717) is 25.2 Å². The maximum Gasteiger partial charge on any atom is 0.306 e. The molecular formula is C26H33NO6S. The number of rotatable bonds is 3. The van der Waals surface area contributed by atoms with Crippen LogP contribution in [-0.2, 0) is 19.6 Å². The van der Waals surface area contributed by atoms with Crippen LogP contribution in [0.4, 0.5) is 0 Å². The molecule has 11 atom stereocenters. The Balaban J connectivity index is 1.39. The molecule has 0 aromatic rings. The van der Waals surface area contributed by atoms with Crippen LogP contribution < -0.4 is 0 Å². The van der Waals surface area contributed by atoms with Gasteiger partial charge < -0.3 is 15.0 Å². The first-order valence-electron chi connectivity index (χ1n) is 12.7. The average molecular weight is 488 g/mol. The van der Waals surface area contributed by atoms with Gasteiger partial charge in [0.15, 0.2) is 0 Å². The summed E-state index contributed by atoms with van der Waals surface area (Å²) in [6.45, 7) is 10.4. The van der Waals surface area contributed by atoms with Gasteiger partial charge in [-0.1, -0.05) is 32.9 Å². The first kappa shape index (κ1) is 21.7. The number of aliphatic hydroxyl groups is 1. The van der Waals surface area contributed by atoms with Gasteiger partial charge in [-0.3, -0.25) is 4.79 Å². The topological polar surface area (TPSA) is 112 Å². The summed E-state index contributed by atoms with van der Waals surface area (Å²) in [6, 6.07) is -0.948. The molecule has 7 nitrogen and oxygen atoms in total. The Kier molecular flexibility index (Phi) is 3.66. The molecular weight excluding hydrogens is 454 g/mol. The van der Waals surface area contributed by atoms with Crippen LogP contribution in [0.1, 0.15) is 59.3 Å². The highest BCUT2D eigenvalue weighted by molar-refractivity contribution is 7.93. The number of hydrogen-bond donors (Lipinski definition) is 2. The molecule has 1 aliphatic heterocycles. The first-order chi connectivity index (χ1) is 15.9. The van der Waals surface area contributed by atoms with E-state index in [-0.39, 0.29) is 27.2 Å². The normalized spacial score (nSPS) is 58.1. The SMILES string of the molecule is C=C1C23C4=C(CCCC4N(C4CCC(C(=O)O)C(C)C4C=O)S1(=O)=O)C1C4(C)CC(C)(C2O)C143. The average Bonchev–Trinajstić information content (AvgIpc) is 3.13. The van der Waals surface area contributed by atoms with Gasteiger partial charge in [0, 0.05) is 28.8 Å². The van der Waals surface area contributed by atoms with Crippen LogP contribution in [0.25, 0.3) is 0 Å². The van der Waals surface area contributed by atoms with Gasteiger partial charge in [-0.2, -0.15) is 4.31 Å². The van der Waals surface area contributed by atoms with E-state index in [1.165, 1.54) is 5.57 Å². The number of carboxylic acid groups (broad SMARTS) is 1. The van der Waals surface area contributed by atoms with Crippen molar-refractivity contribution in [3.05, 3.63) is 22.6 Å². The highest BCUT2D eigenvalue weighted by Gasteiger charge is 3.07. The minimum Gasteiger partial charge on any atom is -0.481 e. The summed E-state index contributed by atoms with van der Waals surface area (Å²) >= 11 is 0. The largest absolute Gasteiger partial charge is 0.481 e. The van der Waals surface area contributed by atoms with Crippen LogP contribution in [0.3, 0.4) is 0 Å². The number of sulfonamides is 1. The number of aliphatic hydroxyl groups excluding tert-OH is 1. The zero-order valence-electron chi connectivity index (χ0n) is 20.0. The van der Waals surface area contributed by atoms with E-state index in [0.717, 1.165) is 31.1 Å². The second-order valence-electron chi connectivity index (χ2n) is 12.7. The number of hydrogen-bond acceptors (Lipinski definition) is 5. The quantitative estimate of drug-likeness (QED) is 0.468.